The summed E-state index contributed by atoms with van der Waals surface area (Å²) in [6.45, 7) is 7.24. The van der Waals surface area contributed by atoms with E-state index in [1.807, 2.05) is 47.8 Å². The zero-order valence-electron chi connectivity index (χ0n) is 20.8. The lowest BCUT2D eigenvalue weighted by Gasteiger charge is -2.30. The third-order valence-electron chi connectivity index (χ3n) is 7.48. The van der Waals surface area contributed by atoms with Gasteiger partial charge in [-0.1, -0.05) is 108 Å². The van der Waals surface area contributed by atoms with E-state index in [1.54, 1.807) is 0 Å². The average molecular weight is 533 g/mol. The molecule has 6 aromatic rings. The van der Waals surface area contributed by atoms with Crippen LogP contribution in [0.3, 0.4) is 0 Å². The highest BCUT2D eigenvalue weighted by atomic mass is 32.2. The van der Waals surface area contributed by atoms with E-state index < -0.39 is 0 Å². The van der Waals surface area contributed by atoms with Gasteiger partial charge in [-0.3, -0.25) is 0 Å². The normalized spacial score (nSPS) is 12.8. The molecule has 0 amide bonds. The highest BCUT2D eigenvalue weighted by Crippen LogP contribution is 2.58. The van der Waals surface area contributed by atoms with Crippen molar-refractivity contribution in [2.45, 2.75) is 19.6 Å². The van der Waals surface area contributed by atoms with Crippen molar-refractivity contribution in [3.05, 3.63) is 133 Å². The number of hydrogen-bond acceptors (Lipinski definition) is 3. The highest BCUT2D eigenvalue weighted by Gasteiger charge is 2.29. The van der Waals surface area contributed by atoms with Crippen molar-refractivity contribution >= 4 is 57.0 Å². The lowest BCUT2D eigenvalue weighted by atomic mass is 9.96. The van der Waals surface area contributed by atoms with Gasteiger partial charge < -0.3 is 4.90 Å². The van der Waals surface area contributed by atoms with Crippen molar-refractivity contribution in [3.8, 4) is 22.3 Å². The Balaban J connectivity index is 1.38. The monoisotopic (exact) mass is 532 g/mol. The van der Waals surface area contributed by atoms with Crippen molar-refractivity contribution < 1.29 is 0 Å². The summed E-state index contributed by atoms with van der Waals surface area (Å²) < 4.78 is 0. The first-order valence-corrected chi connectivity index (χ1v) is 14.4. The minimum Gasteiger partial charge on any atom is -0.309 e. The Kier molecular flexibility index (Phi) is 5.09. The molecule has 2 heterocycles. The lowest BCUT2D eigenvalue weighted by Crippen LogP contribution is -2.12. The van der Waals surface area contributed by atoms with Crippen molar-refractivity contribution in [1.29, 1.82) is 0 Å². The van der Waals surface area contributed by atoms with E-state index in [-0.39, 0.29) is 0 Å². The van der Waals surface area contributed by atoms with Crippen LogP contribution in [0.15, 0.2) is 141 Å². The first-order valence-electron chi connectivity index (χ1n) is 12.8. The summed E-state index contributed by atoms with van der Waals surface area (Å²) in [5, 5.41) is 2.61. The van der Waals surface area contributed by atoms with Crippen LogP contribution < -0.4 is 4.90 Å². The zero-order valence-corrected chi connectivity index (χ0v) is 22.4. The van der Waals surface area contributed by atoms with Crippen molar-refractivity contribution in [2.75, 3.05) is 4.90 Å². The van der Waals surface area contributed by atoms with Gasteiger partial charge in [0.25, 0.3) is 0 Å². The van der Waals surface area contributed by atoms with Crippen molar-refractivity contribution in [1.82, 2.24) is 0 Å². The Hall–Kier alpha value is -4.43. The minimum absolute atomic E-state index is 0.659. The van der Waals surface area contributed by atoms with E-state index >= 15 is 0 Å². The number of rotatable bonds is 2. The van der Waals surface area contributed by atoms with Crippen LogP contribution in [0.25, 0.3) is 37.9 Å². The molecule has 182 valence electrons. The van der Waals surface area contributed by atoms with Gasteiger partial charge in [-0.25, -0.2) is 4.85 Å². The first-order chi connectivity index (χ1) is 19.3. The molecular weight excluding hydrogens is 513 g/mol. The summed E-state index contributed by atoms with van der Waals surface area (Å²) in [6, 6.07) is 43.3. The second-order valence-corrected chi connectivity index (χ2v) is 11.8. The highest BCUT2D eigenvalue weighted by molar-refractivity contribution is 8.05. The van der Waals surface area contributed by atoms with Gasteiger partial charge in [-0.05, 0) is 58.5 Å². The Morgan fingerprint density at radius 1 is 0.538 bits per heavy atom. The zero-order chi connectivity index (χ0) is 25.9. The van der Waals surface area contributed by atoms with Crippen molar-refractivity contribution in [2.24, 2.45) is 0 Å². The van der Waals surface area contributed by atoms with Crippen molar-refractivity contribution in [3.63, 3.8) is 0 Å². The maximum Gasteiger partial charge on any atom is 0.187 e. The molecule has 2 nitrogen and oxygen atoms in total. The Bertz CT molecular complexity index is 1970. The summed E-state index contributed by atoms with van der Waals surface area (Å²) in [5.41, 5.74) is 8.88. The van der Waals surface area contributed by atoms with E-state index in [1.165, 1.54) is 52.9 Å². The second kappa shape index (κ2) is 8.81. The first kappa shape index (κ1) is 22.5. The fourth-order valence-corrected chi connectivity index (χ4v) is 8.20. The maximum atomic E-state index is 7.24. The van der Waals surface area contributed by atoms with E-state index in [0.29, 0.717) is 5.69 Å². The summed E-state index contributed by atoms with van der Waals surface area (Å²) in [6.07, 6.45) is 0. The second-order valence-electron chi connectivity index (χ2n) is 9.66. The molecule has 0 saturated carbocycles. The number of benzene rings is 6. The molecule has 2 aliphatic heterocycles. The van der Waals surface area contributed by atoms with E-state index in [9.17, 15) is 0 Å². The number of nitrogens with zero attached hydrogens (tertiary/aromatic N) is 2. The number of anilines is 3. The summed E-state index contributed by atoms with van der Waals surface area (Å²) in [4.78, 5) is 11.2. The molecule has 0 fully saturated rings. The molecule has 0 spiro atoms. The minimum atomic E-state index is 0.659. The van der Waals surface area contributed by atoms with E-state index in [0.717, 1.165) is 16.8 Å². The smallest absolute Gasteiger partial charge is 0.187 e. The van der Waals surface area contributed by atoms with Gasteiger partial charge >= 0.3 is 0 Å². The van der Waals surface area contributed by atoms with Crippen LogP contribution in [0.5, 0.6) is 0 Å². The molecule has 6 aromatic carbocycles. The van der Waals surface area contributed by atoms with Crippen LogP contribution in [-0.4, -0.2) is 0 Å². The summed E-state index contributed by atoms with van der Waals surface area (Å²) in [7, 11) is 0. The van der Waals surface area contributed by atoms with Crippen LogP contribution in [0.2, 0.25) is 0 Å². The molecule has 39 heavy (non-hydrogen) atoms. The molecule has 0 unspecified atom stereocenters. The number of hydrogen-bond donors (Lipinski definition) is 0. The van der Waals surface area contributed by atoms with Crippen LogP contribution in [0.1, 0.15) is 0 Å². The lowest BCUT2D eigenvalue weighted by molar-refractivity contribution is 1.14. The molecule has 8 rings (SSSR count). The summed E-state index contributed by atoms with van der Waals surface area (Å²) >= 11 is 3.78. The molecule has 0 radical (unpaired) electrons. The predicted molar refractivity (Wildman–Crippen MR) is 164 cm³/mol. The van der Waals surface area contributed by atoms with Gasteiger partial charge in [0.15, 0.2) is 5.69 Å². The maximum absolute atomic E-state index is 7.24. The third kappa shape index (κ3) is 3.51. The van der Waals surface area contributed by atoms with Gasteiger partial charge in [-0.15, -0.1) is 0 Å². The summed E-state index contributed by atoms with van der Waals surface area (Å²) in [5.74, 6) is 0. The van der Waals surface area contributed by atoms with Crippen LogP contribution >= 0.6 is 23.5 Å². The van der Waals surface area contributed by atoms with E-state index in [4.69, 9.17) is 6.57 Å². The molecule has 0 saturated heterocycles. The molecular formula is C35H20N2S2. The van der Waals surface area contributed by atoms with Crippen LogP contribution in [0.4, 0.5) is 22.7 Å². The Labute approximate surface area is 235 Å². The fraction of sp³-hybridized carbons (Fsp3) is 0. The van der Waals surface area contributed by atoms with Gasteiger partial charge in [-0.2, -0.15) is 0 Å². The third-order valence-corrected chi connectivity index (χ3v) is 10.1. The van der Waals surface area contributed by atoms with Crippen LogP contribution in [-0.2, 0) is 0 Å². The van der Waals surface area contributed by atoms with Gasteiger partial charge in [0.1, 0.15) is 0 Å². The average Bonchev–Trinajstić information content (AvgIpc) is 3.05. The topological polar surface area (TPSA) is 7.60 Å². The molecule has 0 atom stereocenters. The Morgan fingerprint density at radius 3 is 2.05 bits per heavy atom. The SMILES string of the molecule is [C-]#[N+]c1ccc(-c2ccc(N3c4ccccc4-c4cccc5ccc6c(c45)Sc4c(cccc43)S6)cc2)cc1. The quantitative estimate of drug-likeness (QED) is 0.205. The number of fused-ring (bicyclic) bond motifs is 2. The molecule has 2 aliphatic rings. The van der Waals surface area contributed by atoms with Gasteiger partial charge in [0.2, 0.25) is 0 Å². The predicted octanol–water partition coefficient (Wildman–Crippen LogP) is 11.1. The molecule has 0 aromatic heterocycles. The standard InChI is InChI=1S/C35H20N2S2/c1-36-25-17-12-22(13-18-25)23-14-19-26(20-15-23)37-29-9-3-2-7-27(29)28-8-4-6-24-16-21-32-35(33(24)28)39-34-30(37)10-5-11-31(34)38-32/h2-21H. The van der Waals surface area contributed by atoms with E-state index in [2.05, 4.69) is 107 Å². The number of para-hydroxylation sites is 1. The molecule has 0 aliphatic carbocycles. The molecule has 0 N–H and O–H groups in total. The largest absolute Gasteiger partial charge is 0.309 e. The van der Waals surface area contributed by atoms with Gasteiger partial charge in [0.05, 0.1) is 22.8 Å². The Morgan fingerprint density at radius 2 is 1.23 bits per heavy atom. The van der Waals surface area contributed by atoms with Crippen LogP contribution in [0, 0.1) is 6.57 Å². The molecule has 2 bridgehead atoms. The fourth-order valence-electron chi connectivity index (χ4n) is 5.65. The molecule has 4 heteroatoms. The van der Waals surface area contributed by atoms with Gasteiger partial charge in [0, 0.05) is 31.3 Å².